The standard InChI is InChI=1S/C18H34N4O2/c1-18(2,3)24-17(23)22-13-11-21(12-14-22)16-6-4-5-15(16)20-9-7-19-8-10-20/h15-16,19H,4-14H2,1-3H3. The molecule has 1 amide bonds. The first-order chi connectivity index (χ1) is 11.4. The maximum Gasteiger partial charge on any atom is 0.410 e. The predicted molar refractivity (Wildman–Crippen MR) is 95.2 cm³/mol. The Hall–Kier alpha value is -0.850. The van der Waals surface area contributed by atoms with E-state index < -0.39 is 5.60 Å². The van der Waals surface area contributed by atoms with Gasteiger partial charge in [-0.25, -0.2) is 4.79 Å². The molecule has 1 aliphatic carbocycles. The monoisotopic (exact) mass is 338 g/mol. The third-order valence-corrected chi connectivity index (χ3v) is 5.50. The number of hydrogen-bond acceptors (Lipinski definition) is 5. The zero-order valence-electron chi connectivity index (χ0n) is 15.6. The van der Waals surface area contributed by atoms with Gasteiger partial charge in [-0.1, -0.05) is 6.42 Å². The van der Waals surface area contributed by atoms with Gasteiger partial charge >= 0.3 is 6.09 Å². The molecule has 2 unspecified atom stereocenters. The van der Waals surface area contributed by atoms with Crippen LogP contribution in [0.5, 0.6) is 0 Å². The Morgan fingerprint density at radius 1 is 0.917 bits per heavy atom. The van der Waals surface area contributed by atoms with Crippen LogP contribution >= 0.6 is 0 Å². The molecule has 6 nitrogen and oxygen atoms in total. The van der Waals surface area contributed by atoms with Crippen LogP contribution in [0.2, 0.25) is 0 Å². The van der Waals surface area contributed by atoms with E-state index in [9.17, 15) is 4.79 Å². The lowest BCUT2D eigenvalue weighted by Crippen LogP contribution is -2.58. The Morgan fingerprint density at radius 2 is 1.46 bits per heavy atom. The summed E-state index contributed by atoms with van der Waals surface area (Å²) in [5, 5.41) is 3.46. The van der Waals surface area contributed by atoms with Gasteiger partial charge in [0.15, 0.2) is 0 Å². The van der Waals surface area contributed by atoms with E-state index in [-0.39, 0.29) is 6.09 Å². The first-order valence-electron chi connectivity index (χ1n) is 9.61. The minimum atomic E-state index is -0.410. The Bertz CT molecular complexity index is 423. The Kier molecular flexibility index (Phi) is 5.67. The molecule has 0 bridgehead atoms. The van der Waals surface area contributed by atoms with Gasteiger partial charge in [0.05, 0.1) is 0 Å². The maximum absolute atomic E-state index is 12.2. The van der Waals surface area contributed by atoms with Crippen LogP contribution in [-0.2, 0) is 4.74 Å². The van der Waals surface area contributed by atoms with Crippen molar-refractivity contribution in [2.45, 2.75) is 57.7 Å². The van der Waals surface area contributed by atoms with Crippen LogP contribution in [0.4, 0.5) is 4.79 Å². The lowest BCUT2D eigenvalue weighted by Gasteiger charge is -2.43. The normalized spacial score (nSPS) is 30.5. The summed E-state index contributed by atoms with van der Waals surface area (Å²) in [4.78, 5) is 19.4. The van der Waals surface area contributed by atoms with E-state index in [1.165, 1.54) is 32.4 Å². The van der Waals surface area contributed by atoms with E-state index in [1.54, 1.807) is 0 Å². The molecule has 24 heavy (non-hydrogen) atoms. The van der Waals surface area contributed by atoms with E-state index in [2.05, 4.69) is 15.1 Å². The van der Waals surface area contributed by atoms with Crippen molar-refractivity contribution >= 4 is 6.09 Å². The molecule has 0 aromatic rings. The van der Waals surface area contributed by atoms with Gasteiger partial charge in [-0.05, 0) is 33.6 Å². The van der Waals surface area contributed by atoms with Crippen molar-refractivity contribution in [3.63, 3.8) is 0 Å². The molecule has 2 aliphatic heterocycles. The smallest absolute Gasteiger partial charge is 0.410 e. The quantitative estimate of drug-likeness (QED) is 0.824. The van der Waals surface area contributed by atoms with Crippen LogP contribution in [0.1, 0.15) is 40.0 Å². The molecule has 0 spiro atoms. The summed E-state index contributed by atoms with van der Waals surface area (Å²) in [5.74, 6) is 0. The third-order valence-electron chi connectivity index (χ3n) is 5.50. The molecule has 2 heterocycles. The van der Waals surface area contributed by atoms with E-state index >= 15 is 0 Å². The second-order valence-electron chi connectivity index (χ2n) is 8.35. The molecule has 2 saturated heterocycles. The molecule has 138 valence electrons. The Balaban J connectivity index is 1.51. The van der Waals surface area contributed by atoms with Gasteiger partial charge in [0, 0.05) is 64.4 Å². The van der Waals surface area contributed by atoms with Crippen molar-refractivity contribution in [2.24, 2.45) is 0 Å². The van der Waals surface area contributed by atoms with Crippen molar-refractivity contribution < 1.29 is 9.53 Å². The number of carbonyl (C=O) groups excluding carboxylic acids is 1. The summed E-state index contributed by atoms with van der Waals surface area (Å²) in [6, 6.07) is 1.38. The van der Waals surface area contributed by atoms with E-state index in [0.717, 1.165) is 39.3 Å². The number of hydrogen-bond donors (Lipinski definition) is 1. The lowest BCUT2D eigenvalue weighted by atomic mass is 10.1. The lowest BCUT2D eigenvalue weighted by molar-refractivity contribution is 0.00428. The van der Waals surface area contributed by atoms with Crippen LogP contribution in [0.25, 0.3) is 0 Å². The highest BCUT2D eigenvalue weighted by molar-refractivity contribution is 5.68. The highest BCUT2D eigenvalue weighted by Gasteiger charge is 2.38. The number of carbonyl (C=O) groups is 1. The van der Waals surface area contributed by atoms with Gasteiger partial charge < -0.3 is 15.0 Å². The maximum atomic E-state index is 12.2. The van der Waals surface area contributed by atoms with Crippen molar-refractivity contribution in [2.75, 3.05) is 52.4 Å². The van der Waals surface area contributed by atoms with Crippen molar-refractivity contribution in [3.8, 4) is 0 Å². The van der Waals surface area contributed by atoms with Crippen LogP contribution in [0.3, 0.4) is 0 Å². The number of amides is 1. The highest BCUT2D eigenvalue weighted by atomic mass is 16.6. The summed E-state index contributed by atoms with van der Waals surface area (Å²) in [6.07, 6.45) is 3.82. The molecular formula is C18H34N4O2. The number of nitrogens with zero attached hydrogens (tertiary/aromatic N) is 3. The molecule has 1 N–H and O–H groups in total. The minimum Gasteiger partial charge on any atom is -0.444 e. The minimum absolute atomic E-state index is 0.160. The highest BCUT2D eigenvalue weighted by Crippen LogP contribution is 2.29. The van der Waals surface area contributed by atoms with Crippen LogP contribution in [-0.4, -0.2) is 90.8 Å². The number of rotatable bonds is 2. The molecule has 6 heteroatoms. The Labute approximate surface area is 146 Å². The van der Waals surface area contributed by atoms with Crippen LogP contribution < -0.4 is 5.32 Å². The SMILES string of the molecule is CC(C)(C)OC(=O)N1CCN(C2CCCC2N2CCNCC2)CC1. The fourth-order valence-corrected chi connectivity index (χ4v) is 4.35. The van der Waals surface area contributed by atoms with Gasteiger partial charge in [-0.3, -0.25) is 9.80 Å². The second-order valence-corrected chi connectivity index (χ2v) is 8.35. The van der Waals surface area contributed by atoms with Gasteiger partial charge in [-0.2, -0.15) is 0 Å². The van der Waals surface area contributed by atoms with Gasteiger partial charge in [0.1, 0.15) is 5.60 Å². The third kappa shape index (κ3) is 4.41. The molecule has 0 radical (unpaired) electrons. The first-order valence-corrected chi connectivity index (χ1v) is 9.61. The van der Waals surface area contributed by atoms with Gasteiger partial charge in [0.25, 0.3) is 0 Å². The first kappa shape index (κ1) is 18.0. The van der Waals surface area contributed by atoms with Crippen LogP contribution in [0.15, 0.2) is 0 Å². The largest absolute Gasteiger partial charge is 0.444 e. The average Bonchev–Trinajstić information content (AvgIpc) is 3.04. The molecule has 3 rings (SSSR count). The summed E-state index contributed by atoms with van der Waals surface area (Å²) < 4.78 is 5.51. The van der Waals surface area contributed by atoms with Crippen molar-refractivity contribution in [3.05, 3.63) is 0 Å². The Morgan fingerprint density at radius 3 is 2.00 bits per heavy atom. The van der Waals surface area contributed by atoms with Gasteiger partial charge in [0.2, 0.25) is 0 Å². The predicted octanol–water partition coefficient (Wildman–Crippen LogP) is 1.37. The molecule has 0 aromatic heterocycles. The second kappa shape index (κ2) is 7.58. The topological polar surface area (TPSA) is 48.1 Å². The number of nitrogens with one attached hydrogen (secondary N) is 1. The van der Waals surface area contributed by atoms with E-state index in [1.807, 2.05) is 25.7 Å². The average molecular weight is 338 g/mol. The summed E-state index contributed by atoms with van der Waals surface area (Å²) in [6.45, 7) is 13.9. The molecule has 3 fully saturated rings. The van der Waals surface area contributed by atoms with Crippen molar-refractivity contribution in [1.29, 1.82) is 0 Å². The van der Waals surface area contributed by atoms with Crippen molar-refractivity contribution in [1.82, 2.24) is 20.0 Å². The fourth-order valence-electron chi connectivity index (χ4n) is 4.35. The molecule has 2 atom stereocenters. The number of ether oxygens (including phenoxy) is 1. The molecule has 3 aliphatic rings. The zero-order chi connectivity index (χ0) is 17.2. The van der Waals surface area contributed by atoms with E-state index in [4.69, 9.17) is 4.74 Å². The van der Waals surface area contributed by atoms with E-state index in [0.29, 0.717) is 12.1 Å². The zero-order valence-corrected chi connectivity index (χ0v) is 15.6. The summed E-state index contributed by atoms with van der Waals surface area (Å²) >= 11 is 0. The molecule has 0 aromatic carbocycles. The fraction of sp³-hybridized carbons (Fsp3) is 0.944. The molecular weight excluding hydrogens is 304 g/mol. The summed E-state index contributed by atoms with van der Waals surface area (Å²) in [7, 11) is 0. The van der Waals surface area contributed by atoms with Gasteiger partial charge in [-0.15, -0.1) is 0 Å². The van der Waals surface area contributed by atoms with Crippen LogP contribution in [0, 0.1) is 0 Å². The number of piperazine rings is 2. The molecule has 1 saturated carbocycles. The summed E-state index contributed by atoms with van der Waals surface area (Å²) in [5.41, 5.74) is -0.410.